The number of para-hydroxylation sites is 2. The molecule has 0 radical (unpaired) electrons. The van der Waals surface area contributed by atoms with Gasteiger partial charge in [-0.3, -0.25) is 4.40 Å². The van der Waals surface area contributed by atoms with Crippen molar-refractivity contribution in [2.45, 2.75) is 46.0 Å². The molecule has 1 aliphatic carbocycles. The number of fused-ring (bicyclic) bond motifs is 4. The first-order chi connectivity index (χ1) is 12.6. The standard InChI is InChI=1S/C22H24N4.ClH/c1-22(2)10-9-15-16(13-22)21(25-11-5-6-12-25)26-19-8-4-3-7-18(19)24-20(26)17(15)14-23;/h3-4,7-8H,5-6,9-13H2,1-2H3;1H. The topological polar surface area (TPSA) is 44.3 Å². The molecule has 0 saturated carbocycles. The maximum Gasteiger partial charge on any atom is 0.157 e. The van der Waals surface area contributed by atoms with E-state index in [-0.39, 0.29) is 17.8 Å². The van der Waals surface area contributed by atoms with Gasteiger partial charge in [0, 0.05) is 13.1 Å². The van der Waals surface area contributed by atoms with Gasteiger partial charge in [-0.05, 0) is 60.8 Å². The zero-order valence-electron chi connectivity index (χ0n) is 16.0. The van der Waals surface area contributed by atoms with Crippen LogP contribution in [0.3, 0.4) is 0 Å². The number of aromatic nitrogens is 2. The largest absolute Gasteiger partial charge is 0.357 e. The molecule has 0 N–H and O–H groups in total. The average Bonchev–Trinajstić information content (AvgIpc) is 3.27. The summed E-state index contributed by atoms with van der Waals surface area (Å²) in [5.74, 6) is 1.30. The zero-order valence-corrected chi connectivity index (χ0v) is 16.8. The Morgan fingerprint density at radius 1 is 1.11 bits per heavy atom. The number of benzene rings is 1. The van der Waals surface area contributed by atoms with Crippen LogP contribution in [0.2, 0.25) is 0 Å². The van der Waals surface area contributed by atoms with Crippen LogP contribution in [0.25, 0.3) is 16.7 Å². The first-order valence-electron chi connectivity index (χ1n) is 9.69. The molecule has 2 aliphatic rings. The SMILES string of the molecule is CC1(C)CCc2c(c(N3CCCC3)n3c(nc4ccccc43)c2C#N)C1.Cl. The van der Waals surface area contributed by atoms with Gasteiger partial charge in [-0.25, -0.2) is 4.98 Å². The van der Waals surface area contributed by atoms with Crippen molar-refractivity contribution in [2.75, 3.05) is 18.0 Å². The third-order valence-electron chi connectivity index (χ3n) is 6.16. The highest BCUT2D eigenvalue weighted by molar-refractivity contribution is 5.86. The molecular formula is C22H25ClN4. The highest BCUT2D eigenvalue weighted by Gasteiger charge is 2.34. The van der Waals surface area contributed by atoms with Gasteiger partial charge in [0.25, 0.3) is 0 Å². The Kier molecular flexibility index (Phi) is 4.31. The second-order valence-corrected chi connectivity index (χ2v) is 8.56. The van der Waals surface area contributed by atoms with Gasteiger partial charge >= 0.3 is 0 Å². The van der Waals surface area contributed by atoms with Gasteiger partial charge in [-0.2, -0.15) is 5.26 Å². The van der Waals surface area contributed by atoms with E-state index in [1.807, 2.05) is 6.07 Å². The summed E-state index contributed by atoms with van der Waals surface area (Å²) < 4.78 is 2.28. The second-order valence-electron chi connectivity index (χ2n) is 8.56. The van der Waals surface area contributed by atoms with Crippen LogP contribution in [0.1, 0.15) is 49.8 Å². The monoisotopic (exact) mass is 380 g/mol. The van der Waals surface area contributed by atoms with Crippen molar-refractivity contribution in [3.8, 4) is 6.07 Å². The molecule has 0 spiro atoms. The lowest BCUT2D eigenvalue weighted by molar-refractivity contribution is 0.315. The lowest BCUT2D eigenvalue weighted by Gasteiger charge is -2.35. The van der Waals surface area contributed by atoms with Gasteiger partial charge in [-0.1, -0.05) is 26.0 Å². The Morgan fingerprint density at radius 3 is 2.59 bits per heavy atom. The second kappa shape index (κ2) is 6.42. The third kappa shape index (κ3) is 2.68. The molecule has 0 bridgehead atoms. The number of anilines is 1. The molecular weight excluding hydrogens is 356 g/mol. The number of nitrogens with zero attached hydrogens (tertiary/aromatic N) is 4. The first kappa shape index (κ1) is 18.1. The summed E-state index contributed by atoms with van der Waals surface area (Å²) in [4.78, 5) is 7.41. The van der Waals surface area contributed by atoms with E-state index in [2.05, 4.69) is 47.4 Å². The van der Waals surface area contributed by atoms with Crippen LogP contribution in [0.5, 0.6) is 0 Å². The molecule has 0 unspecified atom stereocenters. The minimum Gasteiger partial charge on any atom is -0.357 e. The van der Waals surface area contributed by atoms with Crippen LogP contribution >= 0.6 is 12.4 Å². The van der Waals surface area contributed by atoms with E-state index in [0.29, 0.717) is 0 Å². The molecule has 27 heavy (non-hydrogen) atoms. The number of imidazole rings is 1. The van der Waals surface area contributed by atoms with Crippen LogP contribution in [0, 0.1) is 16.7 Å². The summed E-state index contributed by atoms with van der Waals surface area (Å²) in [6.07, 6.45) is 5.63. The van der Waals surface area contributed by atoms with Crippen molar-refractivity contribution >= 4 is 34.9 Å². The van der Waals surface area contributed by atoms with Gasteiger partial charge in [0.1, 0.15) is 11.9 Å². The molecule has 2 aromatic heterocycles. The Hall–Kier alpha value is -2.25. The van der Waals surface area contributed by atoms with Crippen LogP contribution < -0.4 is 4.90 Å². The molecule has 5 rings (SSSR count). The van der Waals surface area contributed by atoms with Gasteiger partial charge in [0.05, 0.1) is 16.6 Å². The molecule has 1 aliphatic heterocycles. The maximum absolute atomic E-state index is 9.99. The zero-order chi connectivity index (χ0) is 17.9. The molecule has 0 atom stereocenters. The van der Waals surface area contributed by atoms with Gasteiger partial charge < -0.3 is 4.90 Å². The van der Waals surface area contributed by atoms with E-state index in [1.54, 1.807) is 0 Å². The van der Waals surface area contributed by atoms with Gasteiger partial charge in [0.15, 0.2) is 5.65 Å². The van der Waals surface area contributed by atoms with E-state index >= 15 is 0 Å². The molecule has 140 valence electrons. The van der Waals surface area contributed by atoms with E-state index in [9.17, 15) is 5.26 Å². The fraction of sp³-hybridized carbons (Fsp3) is 0.455. The minimum atomic E-state index is 0. The van der Waals surface area contributed by atoms with E-state index in [1.165, 1.54) is 29.8 Å². The Morgan fingerprint density at radius 2 is 1.85 bits per heavy atom. The smallest absolute Gasteiger partial charge is 0.157 e. The Bertz CT molecular complexity index is 1070. The lowest BCUT2D eigenvalue weighted by atomic mass is 9.73. The van der Waals surface area contributed by atoms with Gasteiger partial charge in [0.2, 0.25) is 0 Å². The van der Waals surface area contributed by atoms with Crippen molar-refractivity contribution in [3.63, 3.8) is 0 Å². The van der Waals surface area contributed by atoms with Crippen LogP contribution in [0.4, 0.5) is 5.82 Å². The summed E-state index contributed by atoms with van der Waals surface area (Å²) in [7, 11) is 0. The Balaban J connectivity index is 0.00000180. The molecule has 4 nitrogen and oxygen atoms in total. The molecule has 1 saturated heterocycles. The summed E-state index contributed by atoms with van der Waals surface area (Å²) in [6.45, 7) is 6.90. The van der Waals surface area contributed by atoms with Crippen molar-refractivity contribution in [1.82, 2.24) is 9.38 Å². The summed E-state index contributed by atoms with van der Waals surface area (Å²) >= 11 is 0. The molecule has 3 aromatic rings. The number of rotatable bonds is 1. The lowest BCUT2D eigenvalue weighted by Crippen LogP contribution is -2.29. The Labute approximate surface area is 166 Å². The first-order valence-corrected chi connectivity index (χ1v) is 9.69. The molecule has 1 fully saturated rings. The number of hydrogen-bond donors (Lipinski definition) is 0. The quantitative estimate of drug-likeness (QED) is 0.603. The predicted molar refractivity (Wildman–Crippen MR) is 112 cm³/mol. The normalized spacial score (nSPS) is 18.3. The van der Waals surface area contributed by atoms with Crippen molar-refractivity contribution < 1.29 is 0 Å². The number of nitriles is 1. The number of halogens is 1. The maximum atomic E-state index is 9.99. The summed E-state index contributed by atoms with van der Waals surface area (Å²) in [5, 5.41) is 9.99. The van der Waals surface area contributed by atoms with Crippen molar-refractivity contribution in [2.24, 2.45) is 5.41 Å². The van der Waals surface area contributed by atoms with Crippen molar-refractivity contribution in [3.05, 3.63) is 41.0 Å². The molecule has 0 amide bonds. The highest BCUT2D eigenvalue weighted by Crippen LogP contribution is 2.43. The predicted octanol–water partition coefficient (Wildman–Crippen LogP) is 4.90. The van der Waals surface area contributed by atoms with E-state index in [0.717, 1.165) is 54.6 Å². The molecule has 3 heterocycles. The highest BCUT2D eigenvalue weighted by atomic mass is 35.5. The van der Waals surface area contributed by atoms with Crippen LogP contribution in [-0.4, -0.2) is 22.5 Å². The fourth-order valence-corrected chi connectivity index (χ4v) is 4.83. The average molecular weight is 381 g/mol. The molecule has 5 heteroatoms. The van der Waals surface area contributed by atoms with E-state index in [4.69, 9.17) is 4.98 Å². The van der Waals surface area contributed by atoms with E-state index < -0.39 is 0 Å². The summed E-state index contributed by atoms with van der Waals surface area (Å²) in [5.41, 5.74) is 6.63. The van der Waals surface area contributed by atoms with Crippen LogP contribution in [0.15, 0.2) is 24.3 Å². The minimum absolute atomic E-state index is 0. The fourth-order valence-electron chi connectivity index (χ4n) is 4.83. The molecule has 1 aromatic carbocycles. The van der Waals surface area contributed by atoms with Crippen LogP contribution in [-0.2, 0) is 12.8 Å². The van der Waals surface area contributed by atoms with Crippen molar-refractivity contribution in [1.29, 1.82) is 5.26 Å². The third-order valence-corrected chi connectivity index (χ3v) is 6.16. The number of pyridine rings is 1. The number of hydrogen-bond acceptors (Lipinski definition) is 3. The summed E-state index contributed by atoms with van der Waals surface area (Å²) in [6, 6.07) is 10.8. The van der Waals surface area contributed by atoms with Gasteiger partial charge in [-0.15, -0.1) is 12.4 Å².